The van der Waals surface area contributed by atoms with Crippen LogP contribution >= 0.6 is 0 Å². The van der Waals surface area contributed by atoms with Gasteiger partial charge >= 0.3 is 5.97 Å². The summed E-state index contributed by atoms with van der Waals surface area (Å²) in [6.07, 6.45) is 3.79. The van der Waals surface area contributed by atoms with E-state index in [9.17, 15) is 4.79 Å². The predicted molar refractivity (Wildman–Crippen MR) is 82.7 cm³/mol. The van der Waals surface area contributed by atoms with Crippen molar-refractivity contribution in [3.05, 3.63) is 0 Å². The number of nitrogens with zero attached hydrogens (tertiary/aromatic N) is 1. The van der Waals surface area contributed by atoms with Gasteiger partial charge in [-0.25, -0.2) is 0 Å². The molecule has 4 nitrogen and oxygen atoms in total. The van der Waals surface area contributed by atoms with Crippen LogP contribution in [-0.4, -0.2) is 49.7 Å². The van der Waals surface area contributed by atoms with Crippen molar-refractivity contribution in [3.63, 3.8) is 0 Å². The van der Waals surface area contributed by atoms with Crippen LogP contribution in [0.25, 0.3) is 0 Å². The van der Waals surface area contributed by atoms with Crippen LogP contribution in [0.5, 0.6) is 0 Å². The molecule has 0 aromatic rings. The summed E-state index contributed by atoms with van der Waals surface area (Å²) in [5.41, 5.74) is 0. The van der Waals surface area contributed by atoms with E-state index in [4.69, 9.17) is 4.74 Å². The molecule has 1 N–H and O–H groups in total. The first-order valence-corrected chi connectivity index (χ1v) is 8.00. The normalized spacial score (nSPS) is 22.9. The van der Waals surface area contributed by atoms with Crippen LogP contribution in [0.1, 0.15) is 47.0 Å². The Kier molecular flexibility index (Phi) is 7.52. The van der Waals surface area contributed by atoms with Crippen LogP contribution < -0.4 is 5.32 Å². The summed E-state index contributed by atoms with van der Waals surface area (Å²) in [4.78, 5) is 14.3. The van der Waals surface area contributed by atoms with Crippen LogP contribution in [0.15, 0.2) is 0 Å². The number of esters is 1. The monoisotopic (exact) mass is 284 g/mol. The van der Waals surface area contributed by atoms with Crippen molar-refractivity contribution in [1.82, 2.24) is 10.2 Å². The van der Waals surface area contributed by atoms with E-state index >= 15 is 0 Å². The van der Waals surface area contributed by atoms with Gasteiger partial charge in [-0.1, -0.05) is 27.7 Å². The third kappa shape index (κ3) is 5.80. The topological polar surface area (TPSA) is 41.6 Å². The zero-order valence-corrected chi connectivity index (χ0v) is 13.8. The number of hydrogen-bond donors (Lipinski definition) is 1. The Morgan fingerprint density at radius 3 is 2.50 bits per heavy atom. The van der Waals surface area contributed by atoms with E-state index in [-0.39, 0.29) is 18.1 Å². The number of hydrogen-bond acceptors (Lipinski definition) is 4. The van der Waals surface area contributed by atoms with E-state index in [2.05, 4.69) is 37.9 Å². The van der Waals surface area contributed by atoms with Crippen molar-refractivity contribution >= 4 is 5.97 Å². The molecule has 1 fully saturated rings. The molecule has 0 radical (unpaired) electrons. The van der Waals surface area contributed by atoms with Gasteiger partial charge in [-0.2, -0.15) is 0 Å². The highest BCUT2D eigenvalue weighted by Gasteiger charge is 2.25. The van der Waals surface area contributed by atoms with Gasteiger partial charge < -0.3 is 15.0 Å². The maximum Gasteiger partial charge on any atom is 0.324 e. The van der Waals surface area contributed by atoms with Gasteiger partial charge in [-0.15, -0.1) is 0 Å². The Balaban J connectivity index is 2.53. The molecule has 1 rings (SSSR count). The molecule has 0 aromatic heterocycles. The molecular formula is C16H32N2O2. The van der Waals surface area contributed by atoms with Crippen molar-refractivity contribution in [2.45, 2.75) is 59.0 Å². The lowest BCUT2D eigenvalue weighted by molar-refractivity contribution is -0.143. The average molecular weight is 284 g/mol. The molecule has 0 saturated carbocycles. The molecule has 0 amide bonds. The van der Waals surface area contributed by atoms with Gasteiger partial charge in [0.15, 0.2) is 0 Å². The Bertz CT molecular complexity index is 292. The van der Waals surface area contributed by atoms with Gasteiger partial charge in [-0.05, 0) is 44.2 Å². The Labute approximate surface area is 124 Å². The first-order valence-electron chi connectivity index (χ1n) is 8.00. The van der Waals surface area contributed by atoms with Crippen molar-refractivity contribution in [2.75, 3.05) is 26.7 Å². The third-order valence-corrected chi connectivity index (χ3v) is 4.27. The largest absolute Gasteiger partial charge is 0.468 e. The maximum atomic E-state index is 11.9. The highest BCUT2D eigenvalue weighted by molar-refractivity contribution is 5.75. The van der Waals surface area contributed by atoms with E-state index in [1.807, 2.05) is 0 Å². The number of likely N-dealkylation sites (tertiary alicyclic amines) is 1. The fraction of sp³-hybridized carbons (Fsp3) is 0.938. The summed E-state index contributed by atoms with van der Waals surface area (Å²) in [5.74, 6) is 1.44. The number of ether oxygens (including phenoxy) is 1. The predicted octanol–water partition coefficient (Wildman–Crippen LogP) is 2.28. The summed E-state index contributed by atoms with van der Waals surface area (Å²) in [7, 11) is 1.47. The Morgan fingerprint density at radius 1 is 1.25 bits per heavy atom. The summed E-state index contributed by atoms with van der Waals surface area (Å²) < 4.78 is 4.92. The van der Waals surface area contributed by atoms with Crippen molar-refractivity contribution in [2.24, 2.45) is 11.8 Å². The molecule has 1 aliphatic heterocycles. The molecule has 2 atom stereocenters. The van der Waals surface area contributed by atoms with Crippen LogP contribution in [0.3, 0.4) is 0 Å². The molecule has 1 heterocycles. The Hall–Kier alpha value is -0.610. The summed E-state index contributed by atoms with van der Waals surface area (Å²) >= 11 is 0. The third-order valence-electron chi connectivity index (χ3n) is 4.27. The Morgan fingerprint density at radius 2 is 1.95 bits per heavy atom. The second kappa shape index (κ2) is 8.63. The first kappa shape index (κ1) is 17.4. The fourth-order valence-electron chi connectivity index (χ4n) is 3.03. The van der Waals surface area contributed by atoms with Gasteiger partial charge in [-0.3, -0.25) is 4.79 Å². The van der Waals surface area contributed by atoms with Crippen LogP contribution in [0.4, 0.5) is 0 Å². The molecule has 20 heavy (non-hydrogen) atoms. The molecule has 0 bridgehead atoms. The lowest BCUT2D eigenvalue weighted by atomic mass is 9.89. The molecule has 1 saturated heterocycles. The zero-order chi connectivity index (χ0) is 15.1. The second-order valence-corrected chi connectivity index (χ2v) is 6.63. The van der Waals surface area contributed by atoms with E-state index in [0.29, 0.717) is 0 Å². The second-order valence-electron chi connectivity index (χ2n) is 6.63. The number of carbonyl (C=O) groups excluding carboxylic acids is 1. The van der Waals surface area contributed by atoms with E-state index in [1.54, 1.807) is 0 Å². The molecule has 0 aromatic carbocycles. The van der Waals surface area contributed by atoms with Gasteiger partial charge in [0.05, 0.1) is 7.11 Å². The zero-order valence-electron chi connectivity index (χ0n) is 13.8. The van der Waals surface area contributed by atoms with E-state index in [0.717, 1.165) is 31.5 Å². The summed E-state index contributed by atoms with van der Waals surface area (Å²) in [6, 6.07) is 0.0742. The van der Waals surface area contributed by atoms with Crippen LogP contribution in [-0.2, 0) is 9.53 Å². The van der Waals surface area contributed by atoms with E-state index in [1.165, 1.54) is 26.4 Å². The van der Waals surface area contributed by atoms with Crippen LogP contribution in [0.2, 0.25) is 0 Å². The highest BCUT2D eigenvalue weighted by Crippen LogP contribution is 2.24. The highest BCUT2D eigenvalue weighted by atomic mass is 16.5. The van der Waals surface area contributed by atoms with Crippen molar-refractivity contribution in [1.29, 1.82) is 0 Å². The van der Waals surface area contributed by atoms with Crippen LogP contribution in [0, 0.1) is 11.8 Å². The lowest BCUT2D eigenvalue weighted by Gasteiger charge is -2.27. The van der Waals surface area contributed by atoms with Gasteiger partial charge in [0.25, 0.3) is 0 Å². The molecule has 2 unspecified atom stereocenters. The number of rotatable bonds is 6. The minimum absolute atomic E-state index is 0.150. The van der Waals surface area contributed by atoms with Crippen molar-refractivity contribution < 1.29 is 9.53 Å². The molecule has 118 valence electrons. The lowest BCUT2D eigenvalue weighted by Crippen LogP contribution is -2.49. The summed E-state index contributed by atoms with van der Waals surface area (Å²) in [5, 5.41) is 3.32. The van der Waals surface area contributed by atoms with Gasteiger partial charge in [0, 0.05) is 12.6 Å². The first-order chi connectivity index (χ1) is 9.43. The fourth-order valence-corrected chi connectivity index (χ4v) is 3.03. The number of carbonyl (C=O) groups is 1. The van der Waals surface area contributed by atoms with Crippen molar-refractivity contribution in [3.8, 4) is 0 Å². The number of nitrogens with one attached hydrogen (secondary N) is 1. The standard InChI is InChI=1S/C16H32N2O2/c1-12(2)14-7-6-9-18(10-8-14)11-15(16(19)20-5)17-13(3)4/h12-15,17H,6-11H2,1-5H3. The number of methoxy groups -OCH3 is 1. The maximum absolute atomic E-state index is 11.9. The minimum atomic E-state index is -0.212. The van der Waals surface area contributed by atoms with E-state index < -0.39 is 0 Å². The molecular weight excluding hydrogens is 252 g/mol. The quantitative estimate of drug-likeness (QED) is 0.760. The molecule has 0 spiro atoms. The minimum Gasteiger partial charge on any atom is -0.468 e. The molecule has 4 heteroatoms. The average Bonchev–Trinajstić information content (AvgIpc) is 2.62. The molecule has 1 aliphatic rings. The van der Waals surface area contributed by atoms with Gasteiger partial charge in [0.1, 0.15) is 6.04 Å². The SMILES string of the molecule is COC(=O)C(CN1CCCC(C(C)C)CC1)NC(C)C. The smallest absolute Gasteiger partial charge is 0.324 e. The van der Waals surface area contributed by atoms with Gasteiger partial charge in [0.2, 0.25) is 0 Å². The summed E-state index contributed by atoms with van der Waals surface area (Å²) in [6.45, 7) is 11.7. The molecule has 0 aliphatic carbocycles.